The number of hydrogen-bond acceptors (Lipinski definition) is 4. The number of rotatable bonds is 3. The summed E-state index contributed by atoms with van der Waals surface area (Å²) in [5, 5.41) is 9.96. The summed E-state index contributed by atoms with van der Waals surface area (Å²) < 4.78 is 23.5. The SMILES string of the molecule is CC(C)S(=O)(=O)c1ccccc1[N+](=O)[O-]. The molecular formula is C9H11NO4S. The van der Waals surface area contributed by atoms with Crippen LogP contribution >= 0.6 is 0 Å². The van der Waals surface area contributed by atoms with Crippen molar-refractivity contribution in [2.45, 2.75) is 24.0 Å². The van der Waals surface area contributed by atoms with Gasteiger partial charge in [-0.05, 0) is 19.9 Å². The van der Waals surface area contributed by atoms with Gasteiger partial charge in [-0.3, -0.25) is 10.1 Å². The Bertz CT molecular complexity index is 479. The standard InChI is InChI=1S/C9H11NO4S/c1-7(2)15(13,14)9-6-4-3-5-8(9)10(11)12/h3-7H,1-2H3. The van der Waals surface area contributed by atoms with Crippen LogP contribution in [0.3, 0.4) is 0 Å². The van der Waals surface area contributed by atoms with Gasteiger partial charge in [-0.15, -0.1) is 0 Å². The lowest BCUT2D eigenvalue weighted by atomic mass is 10.3. The summed E-state index contributed by atoms with van der Waals surface area (Å²) >= 11 is 0. The maximum Gasteiger partial charge on any atom is 0.287 e. The first-order valence-electron chi connectivity index (χ1n) is 4.34. The van der Waals surface area contributed by atoms with E-state index in [4.69, 9.17) is 0 Å². The summed E-state index contributed by atoms with van der Waals surface area (Å²) in [6, 6.07) is 5.36. The smallest absolute Gasteiger partial charge is 0.258 e. The summed E-state index contributed by atoms with van der Waals surface area (Å²) in [6.07, 6.45) is 0. The number of nitrogens with zero attached hydrogens (tertiary/aromatic N) is 1. The van der Waals surface area contributed by atoms with E-state index in [1.165, 1.54) is 38.1 Å². The van der Waals surface area contributed by atoms with Gasteiger partial charge in [0, 0.05) is 6.07 Å². The van der Waals surface area contributed by atoms with Gasteiger partial charge in [-0.1, -0.05) is 12.1 Å². The highest BCUT2D eigenvalue weighted by Gasteiger charge is 2.27. The van der Waals surface area contributed by atoms with Crippen LogP contribution in [-0.4, -0.2) is 18.6 Å². The van der Waals surface area contributed by atoms with Crippen LogP contribution in [0.5, 0.6) is 0 Å². The van der Waals surface area contributed by atoms with Crippen molar-refractivity contribution in [2.24, 2.45) is 0 Å². The molecule has 0 amide bonds. The Morgan fingerprint density at radius 1 is 1.27 bits per heavy atom. The monoisotopic (exact) mass is 229 g/mol. The van der Waals surface area contributed by atoms with Crippen LogP contribution in [0.2, 0.25) is 0 Å². The van der Waals surface area contributed by atoms with E-state index < -0.39 is 20.0 Å². The normalized spacial score (nSPS) is 11.7. The zero-order valence-electron chi connectivity index (χ0n) is 8.38. The Balaban J connectivity index is 3.45. The molecule has 0 N–H and O–H groups in total. The van der Waals surface area contributed by atoms with Crippen molar-refractivity contribution in [3.63, 3.8) is 0 Å². The Morgan fingerprint density at radius 2 is 1.80 bits per heavy atom. The van der Waals surface area contributed by atoms with Crippen LogP contribution in [-0.2, 0) is 9.84 Å². The van der Waals surface area contributed by atoms with Crippen LogP contribution in [0.15, 0.2) is 29.2 Å². The Hall–Kier alpha value is -1.43. The molecule has 0 aliphatic heterocycles. The quantitative estimate of drug-likeness (QED) is 0.584. The van der Waals surface area contributed by atoms with Crippen LogP contribution in [0.25, 0.3) is 0 Å². The summed E-state index contributed by atoms with van der Waals surface area (Å²) in [5.74, 6) is 0. The topological polar surface area (TPSA) is 77.3 Å². The van der Waals surface area contributed by atoms with E-state index in [2.05, 4.69) is 0 Å². The number of benzene rings is 1. The minimum Gasteiger partial charge on any atom is -0.258 e. The number of nitro groups is 1. The van der Waals surface area contributed by atoms with Gasteiger partial charge in [-0.2, -0.15) is 0 Å². The van der Waals surface area contributed by atoms with E-state index in [0.29, 0.717) is 0 Å². The fraction of sp³-hybridized carbons (Fsp3) is 0.333. The first-order chi connectivity index (χ1) is 6.87. The van der Waals surface area contributed by atoms with Gasteiger partial charge >= 0.3 is 0 Å². The van der Waals surface area contributed by atoms with Crippen LogP contribution in [0, 0.1) is 10.1 Å². The maximum atomic E-state index is 11.8. The summed E-state index contributed by atoms with van der Waals surface area (Å²) in [7, 11) is -3.59. The second kappa shape index (κ2) is 3.98. The zero-order valence-corrected chi connectivity index (χ0v) is 9.19. The predicted octanol–water partition coefficient (Wildman–Crippen LogP) is 1.78. The van der Waals surface area contributed by atoms with Crippen LogP contribution in [0.4, 0.5) is 5.69 Å². The summed E-state index contributed by atoms with van der Waals surface area (Å²) in [6.45, 7) is 2.98. The highest BCUT2D eigenvalue weighted by molar-refractivity contribution is 7.92. The zero-order chi connectivity index (χ0) is 11.6. The Morgan fingerprint density at radius 3 is 2.27 bits per heavy atom. The summed E-state index contributed by atoms with van der Waals surface area (Å²) in [4.78, 5) is 9.73. The second-order valence-electron chi connectivity index (χ2n) is 3.32. The van der Waals surface area contributed by atoms with E-state index in [1.807, 2.05) is 0 Å². The molecule has 0 fully saturated rings. The fourth-order valence-electron chi connectivity index (χ4n) is 1.10. The molecule has 0 unspecified atom stereocenters. The predicted molar refractivity (Wildman–Crippen MR) is 55.4 cm³/mol. The minimum atomic E-state index is -3.59. The average molecular weight is 229 g/mol. The minimum absolute atomic E-state index is 0.218. The van der Waals surface area contributed by atoms with Crippen molar-refractivity contribution in [1.29, 1.82) is 0 Å². The molecule has 0 aliphatic rings. The molecule has 0 atom stereocenters. The van der Waals surface area contributed by atoms with Gasteiger partial charge in [0.2, 0.25) is 0 Å². The molecule has 82 valence electrons. The molecule has 0 bridgehead atoms. The average Bonchev–Trinajstić information content (AvgIpc) is 2.17. The van der Waals surface area contributed by atoms with Gasteiger partial charge < -0.3 is 0 Å². The van der Waals surface area contributed by atoms with E-state index in [9.17, 15) is 18.5 Å². The van der Waals surface area contributed by atoms with Crippen molar-refractivity contribution in [2.75, 3.05) is 0 Å². The molecule has 1 rings (SSSR count). The molecular weight excluding hydrogens is 218 g/mol. The van der Waals surface area contributed by atoms with Gasteiger partial charge in [0.15, 0.2) is 9.84 Å². The van der Waals surface area contributed by atoms with E-state index in [1.54, 1.807) is 0 Å². The van der Waals surface area contributed by atoms with Gasteiger partial charge in [-0.25, -0.2) is 8.42 Å². The third kappa shape index (κ3) is 2.15. The van der Waals surface area contributed by atoms with Gasteiger partial charge in [0.1, 0.15) is 4.90 Å². The third-order valence-corrected chi connectivity index (χ3v) is 4.19. The molecule has 0 radical (unpaired) electrons. The van der Waals surface area contributed by atoms with Crippen molar-refractivity contribution in [3.8, 4) is 0 Å². The lowest BCUT2D eigenvalue weighted by molar-refractivity contribution is -0.387. The fourth-order valence-corrected chi connectivity index (χ4v) is 2.31. The molecule has 0 aromatic heterocycles. The first-order valence-corrected chi connectivity index (χ1v) is 5.89. The first kappa shape index (κ1) is 11.6. The molecule has 0 heterocycles. The molecule has 5 nitrogen and oxygen atoms in total. The van der Waals surface area contributed by atoms with Crippen molar-refractivity contribution in [1.82, 2.24) is 0 Å². The molecule has 1 aromatic carbocycles. The highest BCUT2D eigenvalue weighted by atomic mass is 32.2. The van der Waals surface area contributed by atoms with Crippen molar-refractivity contribution in [3.05, 3.63) is 34.4 Å². The van der Waals surface area contributed by atoms with Gasteiger partial charge in [0.05, 0.1) is 10.2 Å². The molecule has 0 saturated carbocycles. The number of para-hydroxylation sites is 1. The largest absolute Gasteiger partial charge is 0.287 e. The Labute approximate surface area is 87.8 Å². The van der Waals surface area contributed by atoms with E-state index >= 15 is 0 Å². The lowest BCUT2D eigenvalue weighted by Crippen LogP contribution is -2.15. The molecule has 0 saturated heterocycles. The van der Waals surface area contributed by atoms with Crippen LogP contribution < -0.4 is 0 Å². The molecule has 0 aliphatic carbocycles. The van der Waals surface area contributed by atoms with E-state index in [0.717, 1.165) is 0 Å². The number of hydrogen-bond donors (Lipinski definition) is 0. The number of sulfone groups is 1. The van der Waals surface area contributed by atoms with E-state index in [-0.39, 0.29) is 10.6 Å². The van der Waals surface area contributed by atoms with Crippen molar-refractivity contribution < 1.29 is 13.3 Å². The van der Waals surface area contributed by atoms with Gasteiger partial charge in [0.25, 0.3) is 5.69 Å². The number of nitro benzene ring substituents is 1. The maximum absolute atomic E-state index is 11.8. The lowest BCUT2D eigenvalue weighted by Gasteiger charge is -2.07. The second-order valence-corrected chi connectivity index (χ2v) is 5.79. The Kier molecular flexibility index (Phi) is 3.09. The molecule has 0 spiro atoms. The molecule has 15 heavy (non-hydrogen) atoms. The molecule has 6 heteroatoms. The van der Waals surface area contributed by atoms with Crippen LogP contribution in [0.1, 0.15) is 13.8 Å². The van der Waals surface area contributed by atoms with Crippen molar-refractivity contribution >= 4 is 15.5 Å². The summed E-state index contributed by atoms with van der Waals surface area (Å²) in [5.41, 5.74) is -0.369. The highest BCUT2D eigenvalue weighted by Crippen LogP contribution is 2.26. The third-order valence-electron chi connectivity index (χ3n) is 1.99. The molecule has 1 aromatic rings.